The molecule has 0 bridgehead atoms. The van der Waals surface area contributed by atoms with Crippen molar-refractivity contribution in [3.05, 3.63) is 59.3 Å². The van der Waals surface area contributed by atoms with Crippen LogP contribution in [-0.2, 0) is 4.79 Å². The van der Waals surface area contributed by atoms with Gasteiger partial charge in [-0.1, -0.05) is 18.0 Å². The van der Waals surface area contributed by atoms with E-state index in [0.29, 0.717) is 17.2 Å². The van der Waals surface area contributed by atoms with Gasteiger partial charge in [0.1, 0.15) is 12.4 Å². The Bertz CT molecular complexity index is 874. The Morgan fingerprint density at radius 3 is 2.68 bits per heavy atom. The fraction of sp³-hybridized carbons (Fsp3) is 0.318. The summed E-state index contributed by atoms with van der Waals surface area (Å²) in [7, 11) is 0. The number of carbonyl (C=O) groups excluding carboxylic acids is 1. The van der Waals surface area contributed by atoms with Crippen LogP contribution in [0.2, 0.25) is 5.02 Å². The zero-order chi connectivity index (χ0) is 19.3. The number of anilines is 2. The van der Waals surface area contributed by atoms with Gasteiger partial charge in [-0.25, -0.2) is 0 Å². The first-order valence-corrected chi connectivity index (χ1v) is 10.1. The Kier molecular flexibility index (Phi) is 5.84. The number of benzene rings is 2. The number of amides is 1. The molecule has 0 spiro atoms. The topological polar surface area (TPSA) is 53.6 Å². The number of fused-ring (bicyclic) bond motifs is 1. The van der Waals surface area contributed by atoms with Gasteiger partial charge in [-0.05, 0) is 68.4 Å². The van der Waals surface area contributed by atoms with Crippen molar-refractivity contribution in [2.24, 2.45) is 0 Å². The van der Waals surface area contributed by atoms with Crippen LogP contribution in [0.1, 0.15) is 24.8 Å². The monoisotopic (exact) mass is 397 g/mol. The number of hydrogen-bond acceptors (Lipinski definition) is 4. The number of piperidine rings is 1. The van der Waals surface area contributed by atoms with E-state index in [9.17, 15) is 4.79 Å². The van der Waals surface area contributed by atoms with E-state index in [0.717, 1.165) is 29.2 Å². The largest absolute Gasteiger partial charge is 0.492 e. The summed E-state index contributed by atoms with van der Waals surface area (Å²) in [5.74, 6) is 0.716. The van der Waals surface area contributed by atoms with Crippen LogP contribution in [0.25, 0.3) is 5.57 Å². The predicted octanol–water partition coefficient (Wildman–Crippen LogP) is 4.61. The molecule has 5 nitrogen and oxygen atoms in total. The van der Waals surface area contributed by atoms with Crippen LogP contribution in [0, 0.1) is 0 Å². The van der Waals surface area contributed by atoms with E-state index in [2.05, 4.69) is 15.5 Å². The number of rotatable bonds is 6. The molecule has 28 heavy (non-hydrogen) atoms. The van der Waals surface area contributed by atoms with Crippen LogP contribution in [-0.4, -0.2) is 37.0 Å². The number of ether oxygens (including phenoxy) is 1. The molecular weight excluding hydrogens is 374 g/mol. The minimum atomic E-state index is -0.137. The lowest BCUT2D eigenvalue weighted by Gasteiger charge is -2.26. The number of nitrogens with one attached hydrogen (secondary N) is 2. The van der Waals surface area contributed by atoms with Crippen LogP contribution in [0.5, 0.6) is 5.75 Å². The molecule has 1 saturated heterocycles. The van der Waals surface area contributed by atoms with E-state index >= 15 is 0 Å². The van der Waals surface area contributed by atoms with Crippen molar-refractivity contribution < 1.29 is 9.53 Å². The summed E-state index contributed by atoms with van der Waals surface area (Å²) in [5, 5.41) is 6.63. The lowest BCUT2D eigenvalue weighted by molar-refractivity contribution is -0.110. The third-order valence-electron chi connectivity index (χ3n) is 5.13. The Morgan fingerprint density at radius 1 is 1.11 bits per heavy atom. The maximum absolute atomic E-state index is 12.2. The summed E-state index contributed by atoms with van der Waals surface area (Å²) in [6, 6.07) is 13.1. The summed E-state index contributed by atoms with van der Waals surface area (Å²) in [4.78, 5) is 14.6. The third-order valence-corrected chi connectivity index (χ3v) is 5.36. The van der Waals surface area contributed by atoms with Crippen molar-refractivity contribution in [3.63, 3.8) is 0 Å². The highest BCUT2D eigenvalue weighted by Crippen LogP contribution is 2.33. The Balaban J connectivity index is 1.33. The van der Waals surface area contributed by atoms with Crippen LogP contribution in [0.4, 0.5) is 11.4 Å². The Morgan fingerprint density at radius 2 is 1.89 bits per heavy atom. The van der Waals surface area contributed by atoms with E-state index in [1.807, 2.05) is 30.3 Å². The summed E-state index contributed by atoms with van der Waals surface area (Å²) < 4.78 is 5.85. The molecule has 0 atom stereocenters. The van der Waals surface area contributed by atoms with Crippen molar-refractivity contribution in [2.45, 2.75) is 19.3 Å². The molecule has 146 valence electrons. The summed E-state index contributed by atoms with van der Waals surface area (Å²) in [5.41, 5.74) is 3.04. The zero-order valence-electron chi connectivity index (χ0n) is 15.7. The quantitative estimate of drug-likeness (QED) is 0.699. The van der Waals surface area contributed by atoms with Crippen LogP contribution >= 0.6 is 11.6 Å². The molecular formula is C22H24ClN3O2. The SMILES string of the molecule is O=C1Nc2ccc(Cl)cc2C1=CNc1ccc(OCCN2CCCCC2)cc1. The van der Waals surface area contributed by atoms with Gasteiger partial charge in [0.15, 0.2) is 0 Å². The normalized spacial score (nSPS) is 18.0. The lowest BCUT2D eigenvalue weighted by Crippen LogP contribution is -2.33. The molecule has 6 heteroatoms. The average Bonchev–Trinajstić information content (AvgIpc) is 3.02. The standard InChI is InChI=1S/C22H24ClN3O2/c23-16-4-9-21-19(14-16)20(22(27)25-21)15-24-17-5-7-18(8-6-17)28-13-12-26-10-2-1-3-11-26/h4-9,14-15,24H,1-3,10-13H2,(H,25,27). The van der Waals surface area contributed by atoms with Gasteiger partial charge in [0.25, 0.3) is 5.91 Å². The van der Waals surface area contributed by atoms with Gasteiger partial charge >= 0.3 is 0 Å². The highest BCUT2D eigenvalue weighted by atomic mass is 35.5. The van der Waals surface area contributed by atoms with Crippen molar-refractivity contribution >= 4 is 34.5 Å². The highest BCUT2D eigenvalue weighted by Gasteiger charge is 2.24. The molecule has 0 radical (unpaired) electrons. The van der Waals surface area contributed by atoms with Crippen molar-refractivity contribution in [1.82, 2.24) is 4.90 Å². The lowest BCUT2D eigenvalue weighted by atomic mass is 10.1. The van der Waals surface area contributed by atoms with E-state index < -0.39 is 0 Å². The van der Waals surface area contributed by atoms with Crippen molar-refractivity contribution in [3.8, 4) is 5.75 Å². The molecule has 2 heterocycles. The third kappa shape index (κ3) is 4.49. The fourth-order valence-corrected chi connectivity index (χ4v) is 3.75. The maximum Gasteiger partial charge on any atom is 0.257 e. The van der Waals surface area contributed by atoms with E-state index in [1.54, 1.807) is 18.3 Å². The van der Waals surface area contributed by atoms with Gasteiger partial charge in [0.2, 0.25) is 0 Å². The Labute approximate surface area is 170 Å². The van der Waals surface area contributed by atoms with Gasteiger partial charge in [0, 0.05) is 34.7 Å². The van der Waals surface area contributed by atoms with Crippen molar-refractivity contribution in [2.75, 3.05) is 36.9 Å². The highest BCUT2D eigenvalue weighted by molar-refractivity contribution is 6.34. The summed E-state index contributed by atoms with van der Waals surface area (Å²) in [6.07, 6.45) is 5.65. The van der Waals surface area contributed by atoms with Crippen LogP contribution in [0.15, 0.2) is 48.7 Å². The molecule has 4 rings (SSSR count). The average molecular weight is 398 g/mol. The van der Waals surface area contributed by atoms with Gasteiger partial charge in [0.05, 0.1) is 5.57 Å². The van der Waals surface area contributed by atoms with Crippen LogP contribution in [0.3, 0.4) is 0 Å². The number of halogens is 1. The first kappa shape index (κ1) is 18.8. The second-order valence-electron chi connectivity index (χ2n) is 7.12. The van der Waals surface area contributed by atoms with Gasteiger partial charge in [-0.2, -0.15) is 0 Å². The molecule has 2 N–H and O–H groups in total. The fourth-order valence-electron chi connectivity index (χ4n) is 3.58. The zero-order valence-corrected chi connectivity index (χ0v) is 16.5. The number of hydrogen-bond donors (Lipinski definition) is 2. The number of likely N-dealkylation sites (tertiary alicyclic amines) is 1. The molecule has 0 aromatic heterocycles. The second-order valence-corrected chi connectivity index (χ2v) is 7.56. The first-order valence-electron chi connectivity index (χ1n) is 9.72. The second kappa shape index (κ2) is 8.67. The number of nitrogens with zero attached hydrogens (tertiary/aromatic N) is 1. The molecule has 2 aliphatic rings. The molecule has 2 aromatic carbocycles. The predicted molar refractivity (Wildman–Crippen MR) is 114 cm³/mol. The molecule has 2 aromatic rings. The molecule has 0 unspecified atom stereocenters. The van der Waals surface area contributed by atoms with E-state index in [-0.39, 0.29) is 5.91 Å². The molecule has 1 amide bonds. The minimum Gasteiger partial charge on any atom is -0.492 e. The molecule has 2 aliphatic heterocycles. The molecule has 0 aliphatic carbocycles. The van der Waals surface area contributed by atoms with E-state index in [4.69, 9.17) is 16.3 Å². The van der Waals surface area contributed by atoms with Crippen molar-refractivity contribution in [1.29, 1.82) is 0 Å². The Hall–Kier alpha value is -2.50. The van der Waals surface area contributed by atoms with Gasteiger partial charge < -0.3 is 15.4 Å². The minimum absolute atomic E-state index is 0.137. The number of carbonyl (C=O) groups is 1. The van der Waals surface area contributed by atoms with Gasteiger partial charge in [-0.3, -0.25) is 9.69 Å². The smallest absolute Gasteiger partial charge is 0.257 e. The van der Waals surface area contributed by atoms with E-state index in [1.165, 1.54) is 32.4 Å². The molecule has 0 saturated carbocycles. The molecule has 1 fully saturated rings. The summed E-state index contributed by atoms with van der Waals surface area (Å²) in [6.45, 7) is 4.04. The first-order chi connectivity index (χ1) is 13.7. The summed E-state index contributed by atoms with van der Waals surface area (Å²) >= 11 is 6.06. The maximum atomic E-state index is 12.2. The van der Waals surface area contributed by atoms with Gasteiger partial charge in [-0.15, -0.1) is 0 Å². The van der Waals surface area contributed by atoms with Crippen LogP contribution < -0.4 is 15.4 Å².